The van der Waals surface area contributed by atoms with Crippen molar-refractivity contribution in [3.63, 3.8) is 0 Å². The number of ether oxygens (including phenoxy) is 1. The van der Waals surface area contributed by atoms with E-state index in [4.69, 9.17) is 38.4 Å². The van der Waals surface area contributed by atoms with Crippen LogP contribution in [0.2, 0.25) is 0 Å². The topological polar surface area (TPSA) is 91.3 Å². The molecule has 0 amide bonds. The first-order chi connectivity index (χ1) is 22.0. The van der Waals surface area contributed by atoms with Gasteiger partial charge in [-0.1, -0.05) is 6.42 Å². The second-order valence-electron chi connectivity index (χ2n) is 10.4. The van der Waals surface area contributed by atoms with Gasteiger partial charge in [-0.3, -0.25) is 0 Å². The summed E-state index contributed by atoms with van der Waals surface area (Å²) in [5, 5.41) is 20.1. The predicted octanol–water partition coefficient (Wildman–Crippen LogP) is 11.3. The van der Waals surface area contributed by atoms with Crippen LogP contribution in [0.3, 0.4) is 0 Å². The second-order valence-corrected chi connectivity index (χ2v) is 16.7. The van der Waals surface area contributed by atoms with Crippen LogP contribution in [-0.4, -0.2) is 9.97 Å². The standard InChI is InChI=1S/C32H16N6OS6/c1-35-21(36-2)13-18-7-9-19(41-18)28-37-30-25(43-28)22-24(42-30)26-23(39-32(22)10-4-3-5-11-32)27-31(44-26)38-29(45-27)20-8-6-17(40-20)12-16(14-33)15-34/h6-9,12-13H,3-5,10-11H2. The van der Waals surface area contributed by atoms with E-state index in [1.54, 1.807) is 68.8 Å². The van der Waals surface area contributed by atoms with Crippen molar-refractivity contribution in [2.45, 2.75) is 37.7 Å². The zero-order chi connectivity index (χ0) is 30.7. The Balaban J connectivity index is 1.21. The second kappa shape index (κ2) is 11.0. The van der Waals surface area contributed by atoms with Gasteiger partial charge < -0.3 is 4.74 Å². The molecule has 0 atom stereocenters. The van der Waals surface area contributed by atoms with Crippen molar-refractivity contribution in [3.05, 3.63) is 73.8 Å². The Morgan fingerprint density at radius 2 is 1.38 bits per heavy atom. The van der Waals surface area contributed by atoms with E-state index in [0.717, 1.165) is 80.2 Å². The van der Waals surface area contributed by atoms with Crippen molar-refractivity contribution in [1.82, 2.24) is 9.97 Å². The molecule has 6 aromatic heterocycles. The highest BCUT2D eigenvalue weighted by molar-refractivity contribution is 7.36. The molecule has 2 aliphatic rings. The van der Waals surface area contributed by atoms with E-state index in [1.165, 1.54) is 32.9 Å². The van der Waals surface area contributed by atoms with Crippen LogP contribution in [0.1, 0.15) is 47.4 Å². The number of aromatic nitrogens is 2. The van der Waals surface area contributed by atoms with Crippen molar-refractivity contribution in [2.24, 2.45) is 0 Å². The van der Waals surface area contributed by atoms with E-state index in [0.29, 0.717) is 0 Å². The lowest BCUT2D eigenvalue weighted by atomic mass is 9.78. The molecule has 1 aliphatic carbocycles. The summed E-state index contributed by atoms with van der Waals surface area (Å²) < 4.78 is 9.43. The maximum atomic E-state index is 9.13. The molecule has 13 heteroatoms. The van der Waals surface area contributed by atoms with Gasteiger partial charge >= 0.3 is 5.82 Å². The van der Waals surface area contributed by atoms with Gasteiger partial charge in [0.1, 0.15) is 60.8 Å². The smallest absolute Gasteiger partial charge is 0.479 e. The van der Waals surface area contributed by atoms with Crippen molar-refractivity contribution < 1.29 is 4.74 Å². The number of nitriles is 2. The van der Waals surface area contributed by atoms with Gasteiger partial charge in [-0.05, 0) is 56.0 Å². The predicted molar refractivity (Wildman–Crippen MR) is 186 cm³/mol. The summed E-state index contributed by atoms with van der Waals surface area (Å²) in [5.74, 6) is 1.00. The molecule has 1 fully saturated rings. The van der Waals surface area contributed by atoms with Gasteiger partial charge in [0, 0.05) is 21.4 Å². The lowest BCUT2D eigenvalue weighted by Crippen LogP contribution is -2.37. The lowest BCUT2D eigenvalue weighted by molar-refractivity contribution is 0.0282. The van der Waals surface area contributed by atoms with Crippen LogP contribution in [0.5, 0.6) is 5.75 Å². The number of thiophene rings is 4. The molecule has 1 saturated carbocycles. The Morgan fingerprint density at radius 3 is 2.02 bits per heavy atom. The van der Waals surface area contributed by atoms with Crippen molar-refractivity contribution in [3.8, 4) is 47.4 Å². The number of thiazole rings is 2. The first kappa shape index (κ1) is 28.3. The fourth-order valence-corrected chi connectivity index (χ4v) is 12.9. The Hall–Kier alpha value is -4.18. The molecule has 0 unspecified atom stereocenters. The zero-order valence-corrected chi connectivity index (χ0v) is 27.9. The highest BCUT2D eigenvalue weighted by Crippen LogP contribution is 2.62. The van der Waals surface area contributed by atoms with E-state index in [2.05, 4.69) is 9.69 Å². The van der Waals surface area contributed by atoms with Gasteiger partial charge in [0.25, 0.3) is 0 Å². The number of hydrogen-bond acceptors (Lipinski definition) is 11. The molecule has 7 nitrogen and oxygen atoms in total. The Kier molecular flexibility index (Phi) is 6.93. The maximum Gasteiger partial charge on any atom is 0.520 e. The summed E-state index contributed by atoms with van der Waals surface area (Å²) in [6.45, 7) is 14.4. The molecule has 0 bridgehead atoms. The van der Waals surface area contributed by atoms with Gasteiger partial charge in [0.2, 0.25) is 0 Å². The average molecular weight is 693 g/mol. The molecule has 45 heavy (non-hydrogen) atoms. The summed E-state index contributed by atoms with van der Waals surface area (Å²) >= 11 is 9.85. The number of allylic oxidation sites excluding steroid dienone is 1. The molecule has 1 aliphatic heterocycles. The number of fused-ring (bicyclic) bond motifs is 8. The Morgan fingerprint density at radius 1 is 0.778 bits per heavy atom. The molecule has 0 saturated heterocycles. The lowest BCUT2D eigenvalue weighted by Gasteiger charge is -2.40. The Bertz CT molecular complexity index is 2380. The molecule has 1 spiro atoms. The van der Waals surface area contributed by atoms with Crippen LogP contribution in [0.25, 0.3) is 70.4 Å². The maximum absolute atomic E-state index is 9.13. The highest BCUT2D eigenvalue weighted by Gasteiger charge is 2.47. The van der Waals surface area contributed by atoms with Crippen molar-refractivity contribution in [2.75, 3.05) is 0 Å². The SMILES string of the molecule is [C-]#[N+]C(=Cc1ccc(-c2nc3sc4c(c3s2)C2(CCCCC2)Oc2c-4sc3nc(-c4ccc(C=C(C#N)C#N)s4)sc23)s1)[N+]#[C-]. The minimum atomic E-state index is -0.393. The summed E-state index contributed by atoms with van der Waals surface area (Å²) in [4.78, 5) is 24.8. The van der Waals surface area contributed by atoms with E-state index < -0.39 is 5.60 Å². The van der Waals surface area contributed by atoms with Crippen LogP contribution < -0.4 is 4.74 Å². The van der Waals surface area contributed by atoms with Gasteiger partial charge in [0.15, 0.2) is 5.75 Å². The van der Waals surface area contributed by atoms with E-state index >= 15 is 0 Å². The normalized spacial score (nSPS) is 14.5. The molecule has 8 rings (SSSR count). The molecule has 0 radical (unpaired) electrons. The number of rotatable bonds is 4. The van der Waals surface area contributed by atoms with Crippen LogP contribution in [0, 0.1) is 35.8 Å². The van der Waals surface area contributed by atoms with Crippen molar-refractivity contribution in [1.29, 1.82) is 10.5 Å². The van der Waals surface area contributed by atoms with Gasteiger partial charge in [-0.15, -0.1) is 68.0 Å². The number of hydrogen-bond donors (Lipinski definition) is 0. The summed E-state index contributed by atoms with van der Waals surface area (Å²) in [7, 11) is 0. The highest BCUT2D eigenvalue weighted by atomic mass is 32.1. The number of nitrogens with zero attached hydrogens (tertiary/aromatic N) is 6. The monoisotopic (exact) mass is 692 g/mol. The third-order valence-corrected chi connectivity index (χ3v) is 14.9. The van der Waals surface area contributed by atoms with E-state index in [9.17, 15) is 0 Å². The third-order valence-electron chi connectivity index (χ3n) is 7.78. The molecular formula is C32H16N6OS6. The summed E-state index contributed by atoms with van der Waals surface area (Å²) in [6, 6.07) is 11.7. The molecule has 216 valence electrons. The molecule has 6 aromatic rings. The fraction of sp³-hybridized carbons (Fsp3) is 0.188. The quantitative estimate of drug-likeness (QED) is 0.135. The molecule has 0 aromatic carbocycles. The molecular weight excluding hydrogens is 677 g/mol. The van der Waals surface area contributed by atoms with Gasteiger partial charge in [-0.2, -0.15) is 20.2 Å². The van der Waals surface area contributed by atoms with Crippen LogP contribution >= 0.6 is 68.0 Å². The average Bonchev–Trinajstić information content (AvgIpc) is 3.89. The van der Waals surface area contributed by atoms with Crippen LogP contribution in [0.15, 0.2) is 35.7 Å². The van der Waals surface area contributed by atoms with Crippen LogP contribution in [0.4, 0.5) is 0 Å². The van der Waals surface area contributed by atoms with Gasteiger partial charge in [0.05, 0.1) is 24.2 Å². The summed E-state index contributed by atoms with van der Waals surface area (Å²) in [5.41, 5.74) is 0.977. The summed E-state index contributed by atoms with van der Waals surface area (Å²) in [6.07, 6.45) is 8.61. The molecule has 0 N–H and O–H groups in total. The first-order valence-corrected chi connectivity index (χ1v) is 18.7. The van der Waals surface area contributed by atoms with Crippen LogP contribution in [-0.2, 0) is 5.60 Å². The minimum Gasteiger partial charge on any atom is -0.479 e. The first-order valence-electron chi connectivity index (χ1n) is 13.8. The van der Waals surface area contributed by atoms with E-state index in [1.807, 2.05) is 36.4 Å². The largest absolute Gasteiger partial charge is 0.520 e. The van der Waals surface area contributed by atoms with Crippen molar-refractivity contribution >= 4 is 99.2 Å². The molecule has 7 heterocycles. The van der Waals surface area contributed by atoms with Gasteiger partial charge in [-0.25, -0.2) is 9.97 Å². The third kappa shape index (κ3) is 4.64. The fourth-order valence-electron chi connectivity index (χ4n) is 5.84. The minimum absolute atomic E-state index is 0.0596. The Labute approximate surface area is 281 Å². The zero-order valence-electron chi connectivity index (χ0n) is 23.0. The van der Waals surface area contributed by atoms with E-state index in [-0.39, 0.29) is 11.4 Å².